The Labute approximate surface area is 205 Å². The summed E-state index contributed by atoms with van der Waals surface area (Å²) in [6, 6.07) is 46.0. The van der Waals surface area contributed by atoms with Gasteiger partial charge in [-0.25, -0.2) is 0 Å². The van der Waals surface area contributed by atoms with E-state index in [1.165, 1.54) is 60.5 Å². The maximum absolute atomic E-state index is 4.41. The van der Waals surface area contributed by atoms with E-state index < -0.39 is 0 Å². The maximum Gasteiger partial charge on any atom is 0.0154 e. The first-order chi connectivity index (χ1) is 16.8. The topological polar surface area (TPSA) is 0 Å². The van der Waals surface area contributed by atoms with E-state index in [0.717, 1.165) is 5.75 Å². The zero-order valence-electron chi connectivity index (χ0n) is 18.8. The highest BCUT2D eigenvalue weighted by molar-refractivity contribution is 7.79. The predicted octanol–water partition coefficient (Wildman–Crippen LogP) is 9.42. The summed E-state index contributed by atoms with van der Waals surface area (Å²) in [6.45, 7) is 0. The summed E-state index contributed by atoms with van der Waals surface area (Å²) in [5, 5.41) is 5.12. The summed E-state index contributed by atoms with van der Waals surface area (Å²) in [4.78, 5) is 0. The molecule has 6 aromatic carbocycles. The molecular formula is C33H24S. The van der Waals surface area contributed by atoms with Crippen molar-refractivity contribution in [3.05, 3.63) is 133 Å². The van der Waals surface area contributed by atoms with Gasteiger partial charge in [0.25, 0.3) is 0 Å². The number of hydrogen-bond acceptors (Lipinski definition) is 1. The van der Waals surface area contributed by atoms with Crippen molar-refractivity contribution in [1.82, 2.24) is 0 Å². The summed E-state index contributed by atoms with van der Waals surface area (Å²) in [7, 11) is 0. The van der Waals surface area contributed by atoms with E-state index in [1.807, 2.05) is 0 Å². The molecule has 0 aliphatic heterocycles. The molecule has 1 heteroatoms. The van der Waals surface area contributed by atoms with Crippen LogP contribution in [-0.2, 0) is 5.75 Å². The van der Waals surface area contributed by atoms with Crippen molar-refractivity contribution >= 4 is 34.2 Å². The average Bonchev–Trinajstić information content (AvgIpc) is 2.92. The molecule has 0 unspecified atom stereocenters. The van der Waals surface area contributed by atoms with Crippen molar-refractivity contribution in [1.29, 1.82) is 0 Å². The van der Waals surface area contributed by atoms with Gasteiger partial charge in [0.15, 0.2) is 0 Å². The van der Waals surface area contributed by atoms with Gasteiger partial charge in [0, 0.05) is 5.75 Å². The highest BCUT2D eigenvalue weighted by Gasteiger charge is 2.17. The standard InChI is InChI=1S/C33H24S/c34-22-23-15-17-24(18-16-23)27-19-20-30-31(21-27)33(26-11-5-2-6-12-26)29-14-8-7-13-28(29)32(30)25-9-3-1-4-10-25/h1-21,34H,22H2. The molecule has 0 N–H and O–H groups in total. The third kappa shape index (κ3) is 3.59. The third-order valence-electron chi connectivity index (χ3n) is 6.62. The smallest absolute Gasteiger partial charge is 0.0154 e. The quantitative estimate of drug-likeness (QED) is 0.200. The Kier molecular flexibility index (Phi) is 5.41. The Morgan fingerprint density at radius 1 is 0.382 bits per heavy atom. The fraction of sp³-hybridized carbons (Fsp3) is 0.0303. The molecule has 0 saturated heterocycles. The van der Waals surface area contributed by atoms with Crippen LogP contribution < -0.4 is 0 Å². The maximum atomic E-state index is 4.41. The molecule has 0 amide bonds. The van der Waals surface area contributed by atoms with Crippen molar-refractivity contribution in [2.45, 2.75) is 5.75 Å². The Morgan fingerprint density at radius 3 is 1.41 bits per heavy atom. The molecule has 0 heterocycles. The SMILES string of the molecule is SCc1ccc(-c2ccc3c(-c4ccccc4)c4ccccc4c(-c4ccccc4)c3c2)cc1. The van der Waals surface area contributed by atoms with E-state index in [2.05, 4.69) is 140 Å². The molecule has 0 aliphatic carbocycles. The largest absolute Gasteiger partial charge is 0.175 e. The minimum atomic E-state index is 0.753. The fourth-order valence-corrected chi connectivity index (χ4v) is 5.20. The van der Waals surface area contributed by atoms with Gasteiger partial charge in [0.05, 0.1) is 0 Å². The lowest BCUT2D eigenvalue weighted by molar-refractivity contribution is 1.43. The molecule has 0 fully saturated rings. The van der Waals surface area contributed by atoms with E-state index in [1.54, 1.807) is 0 Å². The molecule has 0 bridgehead atoms. The second kappa shape index (κ2) is 8.85. The Bertz CT molecular complexity index is 1600. The van der Waals surface area contributed by atoms with Gasteiger partial charge in [-0.1, -0.05) is 121 Å². The van der Waals surface area contributed by atoms with E-state index in [9.17, 15) is 0 Å². The summed E-state index contributed by atoms with van der Waals surface area (Å²) < 4.78 is 0. The first-order valence-corrected chi connectivity index (χ1v) is 12.3. The second-order valence-electron chi connectivity index (χ2n) is 8.64. The Hall–Kier alpha value is -3.81. The van der Waals surface area contributed by atoms with Crippen molar-refractivity contribution in [2.75, 3.05) is 0 Å². The molecule has 162 valence electrons. The van der Waals surface area contributed by atoms with Crippen LogP contribution >= 0.6 is 12.6 Å². The highest BCUT2D eigenvalue weighted by Crippen LogP contribution is 2.44. The van der Waals surface area contributed by atoms with E-state index >= 15 is 0 Å². The second-order valence-corrected chi connectivity index (χ2v) is 8.96. The zero-order chi connectivity index (χ0) is 22.9. The first-order valence-electron chi connectivity index (χ1n) is 11.6. The molecule has 0 atom stereocenters. The van der Waals surface area contributed by atoms with Gasteiger partial charge >= 0.3 is 0 Å². The van der Waals surface area contributed by atoms with Crippen LogP contribution in [0.15, 0.2) is 127 Å². The van der Waals surface area contributed by atoms with Crippen LogP contribution in [0.2, 0.25) is 0 Å². The van der Waals surface area contributed by atoms with Gasteiger partial charge in [-0.15, -0.1) is 0 Å². The molecule has 0 radical (unpaired) electrons. The summed E-state index contributed by atoms with van der Waals surface area (Å²) in [5.41, 5.74) is 8.75. The van der Waals surface area contributed by atoms with Crippen molar-refractivity contribution in [3.63, 3.8) is 0 Å². The van der Waals surface area contributed by atoms with Crippen LogP contribution in [0, 0.1) is 0 Å². The predicted molar refractivity (Wildman–Crippen MR) is 150 cm³/mol. The van der Waals surface area contributed by atoms with Gasteiger partial charge in [-0.05, 0) is 66.6 Å². The van der Waals surface area contributed by atoms with Gasteiger partial charge in [0.1, 0.15) is 0 Å². The number of fused-ring (bicyclic) bond motifs is 2. The molecule has 0 spiro atoms. The average molecular weight is 453 g/mol. The monoisotopic (exact) mass is 452 g/mol. The number of hydrogen-bond donors (Lipinski definition) is 1. The number of rotatable bonds is 4. The summed E-state index contributed by atoms with van der Waals surface area (Å²) >= 11 is 4.41. The van der Waals surface area contributed by atoms with Gasteiger partial charge in [0.2, 0.25) is 0 Å². The minimum Gasteiger partial charge on any atom is -0.175 e. The van der Waals surface area contributed by atoms with E-state index in [4.69, 9.17) is 0 Å². The molecule has 0 saturated carbocycles. The molecule has 34 heavy (non-hydrogen) atoms. The zero-order valence-corrected chi connectivity index (χ0v) is 19.7. The lowest BCUT2D eigenvalue weighted by Gasteiger charge is -2.18. The van der Waals surface area contributed by atoms with Gasteiger partial charge in [-0.2, -0.15) is 12.6 Å². The molecule has 0 nitrogen and oxygen atoms in total. The Balaban J connectivity index is 1.74. The van der Waals surface area contributed by atoms with Crippen LogP contribution in [0.1, 0.15) is 5.56 Å². The minimum absolute atomic E-state index is 0.753. The fourth-order valence-electron chi connectivity index (χ4n) is 4.99. The lowest BCUT2D eigenvalue weighted by Crippen LogP contribution is -1.91. The summed E-state index contributed by atoms with van der Waals surface area (Å²) in [5.74, 6) is 0.753. The van der Waals surface area contributed by atoms with E-state index in [0.29, 0.717) is 0 Å². The summed E-state index contributed by atoms with van der Waals surface area (Å²) in [6.07, 6.45) is 0. The third-order valence-corrected chi connectivity index (χ3v) is 6.98. The normalized spacial score (nSPS) is 11.2. The van der Waals surface area contributed by atoms with Crippen molar-refractivity contribution < 1.29 is 0 Å². The first kappa shape index (κ1) is 20.8. The van der Waals surface area contributed by atoms with Crippen LogP contribution in [-0.4, -0.2) is 0 Å². The van der Waals surface area contributed by atoms with Gasteiger partial charge in [-0.3, -0.25) is 0 Å². The van der Waals surface area contributed by atoms with Crippen LogP contribution in [0.5, 0.6) is 0 Å². The molecule has 6 aromatic rings. The molecular weight excluding hydrogens is 428 g/mol. The van der Waals surface area contributed by atoms with E-state index in [-0.39, 0.29) is 0 Å². The number of benzene rings is 6. The van der Waals surface area contributed by atoms with Crippen LogP contribution in [0.3, 0.4) is 0 Å². The highest BCUT2D eigenvalue weighted by atomic mass is 32.1. The molecule has 6 rings (SSSR count). The van der Waals surface area contributed by atoms with Crippen molar-refractivity contribution in [3.8, 4) is 33.4 Å². The number of thiol groups is 1. The van der Waals surface area contributed by atoms with Crippen LogP contribution in [0.4, 0.5) is 0 Å². The lowest BCUT2D eigenvalue weighted by atomic mass is 9.85. The van der Waals surface area contributed by atoms with Crippen molar-refractivity contribution in [2.24, 2.45) is 0 Å². The van der Waals surface area contributed by atoms with Crippen LogP contribution in [0.25, 0.3) is 54.9 Å². The molecule has 0 aliphatic rings. The Morgan fingerprint density at radius 2 is 0.853 bits per heavy atom. The molecule has 0 aromatic heterocycles. The van der Waals surface area contributed by atoms with Gasteiger partial charge < -0.3 is 0 Å².